The lowest BCUT2D eigenvalue weighted by Gasteiger charge is -2.06. The third-order valence-electron chi connectivity index (χ3n) is 4.63. The zero-order chi connectivity index (χ0) is 21.9. The third-order valence-corrected chi connectivity index (χ3v) is 5.96. The van der Waals surface area contributed by atoms with E-state index in [4.69, 9.17) is 16.0 Å². The predicted octanol–water partition coefficient (Wildman–Crippen LogP) is 5.72. The first-order valence-corrected chi connectivity index (χ1v) is 10.9. The number of nitrogens with zero attached hydrogens (tertiary/aromatic N) is 3. The van der Waals surface area contributed by atoms with Crippen LogP contribution in [0.3, 0.4) is 0 Å². The molecule has 3 aromatic carbocycles. The first kappa shape index (κ1) is 20.2. The molecule has 0 radical (unpaired) electrons. The highest BCUT2D eigenvalue weighted by Crippen LogP contribution is 2.30. The average molecular weight is 462 g/mol. The fourth-order valence-electron chi connectivity index (χ4n) is 3.06. The maximum Gasteiger partial charge on any atom is 0.316 e. The van der Waals surface area contributed by atoms with E-state index >= 15 is 0 Å². The largest absolute Gasteiger partial charge is 0.403 e. The molecule has 0 fully saturated rings. The molecule has 32 heavy (non-hydrogen) atoms. The fraction of sp³-hybridized carbons (Fsp3) is 0.0435. The van der Waals surface area contributed by atoms with Crippen molar-refractivity contribution in [2.45, 2.75) is 0 Å². The van der Waals surface area contributed by atoms with Crippen molar-refractivity contribution in [1.82, 2.24) is 15.2 Å². The number of hydrogen-bond acceptors (Lipinski definition) is 7. The molecule has 5 aromatic rings. The summed E-state index contributed by atoms with van der Waals surface area (Å²) in [7, 11) is 0. The minimum atomic E-state index is -0.232. The van der Waals surface area contributed by atoms with Crippen LogP contribution in [0.1, 0.15) is 0 Å². The molecule has 158 valence electrons. The van der Waals surface area contributed by atoms with Gasteiger partial charge in [0.1, 0.15) is 5.01 Å². The number of carbonyl (C=O) groups is 1. The van der Waals surface area contributed by atoms with Crippen LogP contribution in [0, 0.1) is 0 Å². The van der Waals surface area contributed by atoms with E-state index in [1.807, 2.05) is 42.5 Å². The maximum absolute atomic E-state index is 12.3. The van der Waals surface area contributed by atoms with Crippen molar-refractivity contribution in [2.24, 2.45) is 0 Å². The Kier molecular flexibility index (Phi) is 5.53. The Hall–Kier alpha value is -3.75. The Bertz CT molecular complexity index is 1350. The van der Waals surface area contributed by atoms with Crippen molar-refractivity contribution in [3.8, 4) is 22.0 Å². The van der Waals surface area contributed by atoms with Crippen molar-refractivity contribution < 1.29 is 9.21 Å². The van der Waals surface area contributed by atoms with E-state index in [1.54, 1.807) is 35.6 Å². The lowest BCUT2D eigenvalue weighted by Crippen LogP contribution is -2.21. The molecule has 0 aliphatic carbocycles. The van der Waals surface area contributed by atoms with Crippen molar-refractivity contribution >= 4 is 50.8 Å². The van der Waals surface area contributed by atoms with Crippen LogP contribution in [0.5, 0.6) is 0 Å². The van der Waals surface area contributed by atoms with E-state index < -0.39 is 0 Å². The van der Waals surface area contributed by atoms with Crippen LogP contribution in [0.2, 0.25) is 5.02 Å². The van der Waals surface area contributed by atoms with E-state index in [-0.39, 0.29) is 18.5 Å². The number of amides is 1. The molecule has 0 bridgehead atoms. The molecule has 0 saturated heterocycles. The highest BCUT2D eigenvalue weighted by molar-refractivity contribution is 7.21. The molecule has 0 aliphatic rings. The van der Waals surface area contributed by atoms with Gasteiger partial charge in [0.05, 0.1) is 16.8 Å². The highest BCUT2D eigenvalue weighted by Gasteiger charge is 2.11. The summed E-state index contributed by atoms with van der Waals surface area (Å²) >= 11 is 7.52. The van der Waals surface area contributed by atoms with Gasteiger partial charge >= 0.3 is 6.01 Å². The number of hydrogen-bond donors (Lipinski definition) is 2. The molecule has 1 amide bonds. The summed E-state index contributed by atoms with van der Waals surface area (Å²) in [4.78, 5) is 16.9. The second-order valence-corrected chi connectivity index (χ2v) is 8.35. The molecule has 0 aliphatic heterocycles. The summed E-state index contributed by atoms with van der Waals surface area (Å²) < 4.78 is 6.68. The molecular weight excluding hydrogens is 446 g/mol. The second kappa shape index (κ2) is 8.78. The van der Waals surface area contributed by atoms with Crippen LogP contribution in [-0.4, -0.2) is 27.6 Å². The average Bonchev–Trinajstić information content (AvgIpc) is 3.46. The highest BCUT2D eigenvalue weighted by atomic mass is 35.5. The topological polar surface area (TPSA) is 92.9 Å². The zero-order valence-electron chi connectivity index (χ0n) is 16.6. The van der Waals surface area contributed by atoms with Crippen molar-refractivity contribution in [1.29, 1.82) is 0 Å². The molecule has 7 nitrogen and oxygen atoms in total. The molecule has 0 spiro atoms. The predicted molar refractivity (Wildman–Crippen MR) is 127 cm³/mol. The maximum atomic E-state index is 12.3. The molecule has 2 aromatic heterocycles. The molecule has 5 rings (SSSR count). The lowest BCUT2D eigenvalue weighted by molar-refractivity contribution is -0.114. The summed E-state index contributed by atoms with van der Waals surface area (Å²) in [5, 5.41) is 15.1. The number of fused-ring (bicyclic) bond motifs is 1. The van der Waals surface area contributed by atoms with Gasteiger partial charge in [0.25, 0.3) is 0 Å². The molecule has 9 heteroatoms. The zero-order valence-corrected chi connectivity index (χ0v) is 18.2. The second-order valence-electron chi connectivity index (χ2n) is 6.89. The first-order chi connectivity index (χ1) is 15.6. The smallest absolute Gasteiger partial charge is 0.316 e. The molecule has 2 N–H and O–H groups in total. The summed E-state index contributed by atoms with van der Waals surface area (Å²) in [6.07, 6.45) is 0. The standard InChI is InChI=1S/C23H16ClN5O2S/c24-16-9-5-14(6-10-16)21-28-29-23(31-21)25-13-20(30)26-17-11-7-15(8-12-17)22-27-18-3-1-2-4-19(18)32-22/h1-12H,13H2,(H,25,29)(H,26,30). The van der Waals surface area contributed by atoms with Gasteiger partial charge < -0.3 is 15.1 Å². The fourth-order valence-corrected chi connectivity index (χ4v) is 4.15. The van der Waals surface area contributed by atoms with E-state index in [9.17, 15) is 4.79 Å². The SMILES string of the molecule is O=C(CNc1nnc(-c2ccc(Cl)cc2)o1)Nc1ccc(-c2nc3ccccc3s2)cc1. The van der Waals surface area contributed by atoms with Crippen LogP contribution in [-0.2, 0) is 4.79 Å². The van der Waals surface area contributed by atoms with E-state index in [2.05, 4.69) is 31.9 Å². The first-order valence-electron chi connectivity index (χ1n) is 9.73. The number of halogens is 1. The summed E-state index contributed by atoms with van der Waals surface area (Å²) in [5.41, 5.74) is 3.42. The van der Waals surface area contributed by atoms with Gasteiger partial charge in [-0.3, -0.25) is 4.79 Å². The number of carbonyl (C=O) groups excluding carboxylic acids is 1. The van der Waals surface area contributed by atoms with E-state index in [0.717, 1.165) is 26.4 Å². The number of aromatic nitrogens is 3. The number of anilines is 2. The van der Waals surface area contributed by atoms with Gasteiger partial charge in [0.15, 0.2) is 0 Å². The summed E-state index contributed by atoms with van der Waals surface area (Å²) in [6, 6.07) is 22.8. The van der Waals surface area contributed by atoms with Crippen LogP contribution in [0.15, 0.2) is 77.2 Å². The van der Waals surface area contributed by atoms with E-state index in [0.29, 0.717) is 16.6 Å². The number of benzene rings is 3. The minimum Gasteiger partial charge on any atom is -0.403 e. The lowest BCUT2D eigenvalue weighted by atomic mass is 10.2. The number of para-hydroxylation sites is 1. The number of rotatable bonds is 6. The molecule has 2 heterocycles. The van der Waals surface area contributed by atoms with Gasteiger partial charge in [-0.2, -0.15) is 0 Å². The Morgan fingerprint density at radius 2 is 1.69 bits per heavy atom. The number of thiazole rings is 1. The van der Waals surface area contributed by atoms with Crippen LogP contribution >= 0.6 is 22.9 Å². The van der Waals surface area contributed by atoms with Crippen LogP contribution < -0.4 is 10.6 Å². The van der Waals surface area contributed by atoms with Crippen molar-refractivity contribution in [3.05, 3.63) is 77.8 Å². The van der Waals surface area contributed by atoms with E-state index in [1.165, 1.54) is 0 Å². The summed E-state index contributed by atoms with van der Waals surface area (Å²) in [6.45, 7) is -0.0120. The monoisotopic (exact) mass is 461 g/mol. The van der Waals surface area contributed by atoms with Gasteiger partial charge in [-0.1, -0.05) is 28.8 Å². The molecule has 0 saturated carbocycles. The minimum absolute atomic E-state index is 0.0120. The van der Waals surface area contributed by atoms with Gasteiger partial charge in [-0.05, 0) is 60.7 Å². The van der Waals surface area contributed by atoms with Gasteiger partial charge in [0.2, 0.25) is 11.8 Å². The molecule has 0 unspecified atom stereocenters. The quantitative estimate of drug-likeness (QED) is 0.336. The summed E-state index contributed by atoms with van der Waals surface area (Å²) in [5.74, 6) is 0.110. The Balaban J connectivity index is 1.18. The molecule has 0 atom stereocenters. The number of nitrogens with one attached hydrogen (secondary N) is 2. The van der Waals surface area contributed by atoms with Crippen molar-refractivity contribution in [2.75, 3.05) is 17.2 Å². The van der Waals surface area contributed by atoms with Crippen LogP contribution in [0.4, 0.5) is 11.7 Å². The van der Waals surface area contributed by atoms with Crippen molar-refractivity contribution in [3.63, 3.8) is 0 Å². The Labute approximate surface area is 192 Å². The van der Waals surface area contributed by atoms with Crippen LogP contribution in [0.25, 0.3) is 32.2 Å². The molecular formula is C23H16ClN5O2S. The Morgan fingerprint density at radius 3 is 2.47 bits per heavy atom. The third kappa shape index (κ3) is 4.46. The normalized spacial score (nSPS) is 10.9. The Morgan fingerprint density at radius 1 is 0.938 bits per heavy atom. The van der Waals surface area contributed by atoms with Gasteiger partial charge in [0, 0.05) is 21.8 Å². The van der Waals surface area contributed by atoms with Gasteiger partial charge in [-0.25, -0.2) is 4.98 Å². The van der Waals surface area contributed by atoms with Gasteiger partial charge in [-0.15, -0.1) is 16.4 Å².